The van der Waals surface area contributed by atoms with Gasteiger partial charge in [0.2, 0.25) is 11.9 Å². The monoisotopic (exact) mass is 506 g/mol. The van der Waals surface area contributed by atoms with Gasteiger partial charge < -0.3 is 31.1 Å². The molecule has 1 amide bonds. The number of hydrogen-bond acceptors (Lipinski definition) is 8. The number of rotatable bonds is 6. The van der Waals surface area contributed by atoms with E-state index in [9.17, 15) is 4.79 Å². The number of nitrogens with zero attached hydrogens (tertiary/aromatic N) is 5. The highest BCUT2D eigenvalue weighted by atomic mass is 16.2. The van der Waals surface area contributed by atoms with Crippen molar-refractivity contribution < 1.29 is 4.79 Å². The Bertz CT molecular complexity index is 1100. The van der Waals surface area contributed by atoms with E-state index in [4.69, 9.17) is 10.7 Å². The zero-order valence-corrected chi connectivity index (χ0v) is 22.6. The molecule has 0 saturated carbocycles. The lowest BCUT2D eigenvalue weighted by Crippen LogP contribution is -2.46. The van der Waals surface area contributed by atoms with Crippen molar-refractivity contribution in [3.05, 3.63) is 41.3 Å². The van der Waals surface area contributed by atoms with Gasteiger partial charge in [0.15, 0.2) is 0 Å². The number of nitrogens with two attached hydrogens (primary N) is 1. The number of piperidine rings is 1. The van der Waals surface area contributed by atoms with Crippen LogP contribution in [0.3, 0.4) is 0 Å². The normalized spacial score (nSPS) is 26.5. The molecule has 2 saturated heterocycles. The number of anilines is 3. The molecule has 1 aromatic heterocycles. The van der Waals surface area contributed by atoms with Gasteiger partial charge in [-0.2, -0.15) is 9.97 Å². The Morgan fingerprint density at radius 2 is 2.00 bits per heavy atom. The average Bonchev–Trinajstić information content (AvgIpc) is 3.22. The first-order chi connectivity index (χ1) is 17.9. The van der Waals surface area contributed by atoms with Crippen molar-refractivity contribution in [3.8, 4) is 0 Å². The van der Waals surface area contributed by atoms with Gasteiger partial charge in [0.1, 0.15) is 11.6 Å². The minimum Gasteiger partial charge on any atom is -0.383 e. The fraction of sp³-hybridized carbons (Fsp3) is 0.607. The number of amides is 1. The van der Waals surface area contributed by atoms with Crippen LogP contribution in [-0.2, 0) is 10.2 Å². The molecular formula is C28H42N8O. The molecule has 9 heteroatoms. The second-order valence-electron chi connectivity index (χ2n) is 11.2. The first-order valence-electron chi connectivity index (χ1n) is 13.8. The maximum Gasteiger partial charge on any atom is 0.246 e. The van der Waals surface area contributed by atoms with Crippen LogP contribution >= 0.6 is 0 Å². The Hall–Kier alpha value is -3.07. The van der Waals surface area contributed by atoms with Gasteiger partial charge in [0, 0.05) is 67.7 Å². The summed E-state index contributed by atoms with van der Waals surface area (Å²) in [6.07, 6.45) is 13.9. The van der Waals surface area contributed by atoms with E-state index < -0.39 is 0 Å². The van der Waals surface area contributed by atoms with Gasteiger partial charge in [0.25, 0.3) is 0 Å². The second kappa shape index (κ2) is 10.7. The minimum absolute atomic E-state index is 0.108. The maximum atomic E-state index is 12.7. The molecule has 3 aliphatic heterocycles. The van der Waals surface area contributed by atoms with Crippen LogP contribution in [0.4, 0.5) is 17.6 Å². The van der Waals surface area contributed by atoms with Crippen molar-refractivity contribution in [2.45, 2.75) is 63.8 Å². The largest absolute Gasteiger partial charge is 0.383 e. The number of fused-ring (bicyclic) bond motifs is 1. The lowest BCUT2D eigenvalue weighted by atomic mass is 9.77. The number of likely N-dealkylation sites (tertiary alicyclic amines) is 1. The van der Waals surface area contributed by atoms with Gasteiger partial charge in [-0.25, -0.2) is 0 Å². The van der Waals surface area contributed by atoms with Crippen molar-refractivity contribution in [2.24, 2.45) is 0 Å². The van der Waals surface area contributed by atoms with E-state index in [1.54, 1.807) is 6.08 Å². The third-order valence-corrected chi connectivity index (χ3v) is 8.40. The summed E-state index contributed by atoms with van der Waals surface area (Å²) in [6.45, 7) is 10.1. The topological polar surface area (TPSA) is 103 Å². The fourth-order valence-corrected chi connectivity index (χ4v) is 6.29. The summed E-state index contributed by atoms with van der Waals surface area (Å²) in [5.74, 6) is 1.98. The Labute approximate surface area is 220 Å². The summed E-state index contributed by atoms with van der Waals surface area (Å²) in [5.41, 5.74) is 9.85. The number of carbonyl (C=O) groups excluding carboxylic acids is 1. The number of likely N-dealkylation sites (N-methyl/N-ethyl adjacent to an activating group) is 1. The van der Waals surface area contributed by atoms with Gasteiger partial charge in [0.05, 0.1) is 0 Å². The number of nitrogens with one attached hydrogen (secondary N) is 2. The van der Waals surface area contributed by atoms with Crippen LogP contribution in [0, 0.1) is 0 Å². The summed E-state index contributed by atoms with van der Waals surface area (Å²) in [6, 6.07) is 0.195. The summed E-state index contributed by atoms with van der Waals surface area (Å²) in [4.78, 5) is 29.1. The maximum absolute atomic E-state index is 12.7. The van der Waals surface area contributed by atoms with E-state index in [0.717, 1.165) is 94.9 Å². The Morgan fingerprint density at radius 3 is 2.73 bits per heavy atom. The predicted octanol–water partition coefficient (Wildman–Crippen LogP) is 3.31. The third kappa shape index (κ3) is 5.46. The second-order valence-corrected chi connectivity index (χ2v) is 11.2. The molecule has 5 rings (SSSR count). The molecule has 37 heavy (non-hydrogen) atoms. The van der Waals surface area contributed by atoms with Crippen molar-refractivity contribution in [3.63, 3.8) is 0 Å². The molecule has 4 N–H and O–H groups in total. The van der Waals surface area contributed by atoms with E-state index in [1.807, 2.05) is 17.9 Å². The molecule has 0 radical (unpaired) electrons. The molecule has 1 aromatic rings. The van der Waals surface area contributed by atoms with E-state index in [0.29, 0.717) is 11.8 Å². The molecule has 9 nitrogen and oxygen atoms in total. The first kappa shape index (κ1) is 25.6. The number of carbonyl (C=O) groups is 1. The molecule has 2 unspecified atom stereocenters. The van der Waals surface area contributed by atoms with Crippen LogP contribution in [0.15, 0.2) is 35.7 Å². The number of hydrogen-bond donors (Lipinski definition) is 3. The summed E-state index contributed by atoms with van der Waals surface area (Å²) >= 11 is 0. The molecule has 200 valence electrons. The standard InChI is InChI=1S/C28H42N8O/c1-4-7-23(37)36-13-6-5-8-22(36)18-28(2)19-30-26-24(28)25(29)32-27(33-26)31-20-9-11-21(12-10-20)35-16-14-34(3)15-17-35/h4,7,9,11,22H,5-6,8,10,12-19H2,1-3H3,(H4,29,30,31,32,33)/b7-4+. The minimum atomic E-state index is -0.224. The lowest BCUT2D eigenvalue weighted by molar-refractivity contribution is -0.130. The summed E-state index contributed by atoms with van der Waals surface area (Å²) in [7, 11) is 2.19. The van der Waals surface area contributed by atoms with Crippen molar-refractivity contribution in [1.29, 1.82) is 0 Å². The van der Waals surface area contributed by atoms with Gasteiger partial charge in [-0.3, -0.25) is 4.79 Å². The number of piperazine rings is 1. The fourth-order valence-electron chi connectivity index (χ4n) is 6.29. The molecule has 4 aliphatic rings. The Kier molecular flexibility index (Phi) is 7.42. The van der Waals surface area contributed by atoms with Crippen LogP contribution in [0.1, 0.15) is 57.9 Å². The molecular weight excluding hydrogens is 464 g/mol. The summed E-state index contributed by atoms with van der Waals surface area (Å²) in [5, 5.41) is 6.90. The van der Waals surface area contributed by atoms with E-state index >= 15 is 0 Å². The lowest BCUT2D eigenvalue weighted by Gasteiger charge is -2.39. The van der Waals surface area contributed by atoms with Crippen molar-refractivity contribution in [1.82, 2.24) is 24.7 Å². The predicted molar refractivity (Wildman–Crippen MR) is 149 cm³/mol. The highest BCUT2D eigenvalue weighted by Crippen LogP contribution is 2.44. The SMILES string of the molecule is C/C=C/C(=O)N1CCCCC1CC1(C)CNc2nc(NC3=CC=C(N4CCN(C)CC4)CC3)nc(N)c21. The summed E-state index contributed by atoms with van der Waals surface area (Å²) < 4.78 is 0. The van der Waals surface area contributed by atoms with Crippen LogP contribution in [-0.4, -0.2) is 82.9 Å². The highest BCUT2D eigenvalue weighted by Gasteiger charge is 2.42. The Morgan fingerprint density at radius 1 is 1.19 bits per heavy atom. The van der Waals surface area contributed by atoms with Crippen LogP contribution in [0.5, 0.6) is 0 Å². The van der Waals surface area contributed by atoms with Crippen LogP contribution < -0.4 is 16.4 Å². The number of allylic oxidation sites excluding steroid dienone is 5. The van der Waals surface area contributed by atoms with Crippen molar-refractivity contribution in [2.75, 3.05) is 62.7 Å². The van der Waals surface area contributed by atoms with Gasteiger partial charge >= 0.3 is 0 Å². The molecule has 2 atom stereocenters. The molecule has 0 bridgehead atoms. The van der Waals surface area contributed by atoms with Crippen LogP contribution in [0.2, 0.25) is 0 Å². The third-order valence-electron chi connectivity index (χ3n) is 8.40. The van der Waals surface area contributed by atoms with Gasteiger partial charge in [-0.1, -0.05) is 13.0 Å². The van der Waals surface area contributed by atoms with E-state index in [-0.39, 0.29) is 17.4 Å². The smallest absolute Gasteiger partial charge is 0.246 e. The van der Waals surface area contributed by atoms with Crippen molar-refractivity contribution >= 4 is 23.5 Å². The van der Waals surface area contributed by atoms with Gasteiger partial charge in [-0.15, -0.1) is 0 Å². The van der Waals surface area contributed by atoms with Crippen LogP contribution in [0.25, 0.3) is 0 Å². The Balaban J connectivity index is 1.28. The number of nitrogen functional groups attached to an aromatic ring is 1. The first-order valence-corrected chi connectivity index (χ1v) is 13.8. The molecule has 0 spiro atoms. The molecule has 1 aliphatic carbocycles. The number of aromatic nitrogens is 2. The molecule has 2 fully saturated rings. The molecule has 0 aromatic carbocycles. The average molecular weight is 507 g/mol. The van der Waals surface area contributed by atoms with E-state index in [2.05, 4.69) is 51.5 Å². The zero-order chi connectivity index (χ0) is 26.0. The molecule has 4 heterocycles. The van der Waals surface area contributed by atoms with E-state index in [1.165, 1.54) is 5.70 Å². The highest BCUT2D eigenvalue weighted by molar-refractivity contribution is 5.87. The quantitative estimate of drug-likeness (QED) is 0.505. The van der Waals surface area contributed by atoms with Gasteiger partial charge in [-0.05, 0) is 70.7 Å². The zero-order valence-electron chi connectivity index (χ0n) is 22.6.